The van der Waals surface area contributed by atoms with Crippen LogP contribution in [0.1, 0.15) is 11.6 Å². The number of halogens is 1. The topological polar surface area (TPSA) is 33.7 Å². The smallest absolute Gasteiger partial charge is 0.161 e. The summed E-state index contributed by atoms with van der Waals surface area (Å²) in [6.07, 6.45) is 0. The van der Waals surface area contributed by atoms with E-state index < -0.39 is 0 Å². The maximum absolute atomic E-state index is 13.5. The van der Waals surface area contributed by atoms with E-state index in [9.17, 15) is 4.39 Å². The third-order valence-electron chi connectivity index (χ3n) is 4.29. The molecule has 0 radical (unpaired) electrons. The van der Waals surface area contributed by atoms with Crippen molar-refractivity contribution in [1.29, 1.82) is 0 Å². The normalized spacial score (nSPS) is 18.3. The van der Waals surface area contributed by atoms with Crippen molar-refractivity contribution in [2.75, 3.05) is 39.9 Å². The van der Waals surface area contributed by atoms with Gasteiger partial charge in [0.15, 0.2) is 11.5 Å². The van der Waals surface area contributed by atoms with Crippen LogP contribution in [0.4, 0.5) is 4.39 Å². The van der Waals surface area contributed by atoms with Crippen LogP contribution < -0.4 is 14.8 Å². The molecule has 3 rings (SSSR count). The molecule has 1 fully saturated rings. The Labute approximate surface area is 142 Å². The van der Waals surface area contributed by atoms with Gasteiger partial charge in [0.25, 0.3) is 0 Å². The highest BCUT2D eigenvalue weighted by atomic mass is 19.1. The predicted molar refractivity (Wildman–Crippen MR) is 92.1 cm³/mol. The van der Waals surface area contributed by atoms with Gasteiger partial charge < -0.3 is 14.8 Å². The molecule has 128 valence electrons. The van der Waals surface area contributed by atoms with Crippen LogP contribution in [-0.2, 0) is 0 Å². The average Bonchev–Trinajstić information content (AvgIpc) is 2.62. The molecule has 2 aromatic carbocycles. The van der Waals surface area contributed by atoms with Gasteiger partial charge >= 0.3 is 0 Å². The van der Waals surface area contributed by atoms with Gasteiger partial charge in [0, 0.05) is 32.2 Å². The first-order valence-corrected chi connectivity index (χ1v) is 8.24. The molecule has 1 unspecified atom stereocenters. The second-order valence-corrected chi connectivity index (χ2v) is 5.81. The van der Waals surface area contributed by atoms with E-state index in [0.717, 1.165) is 43.2 Å². The lowest BCUT2D eigenvalue weighted by atomic mass is 10.0. The number of hydrogen-bond acceptors (Lipinski definition) is 4. The summed E-state index contributed by atoms with van der Waals surface area (Å²) in [5.41, 5.74) is 1.000. The highest BCUT2D eigenvalue weighted by molar-refractivity contribution is 5.39. The van der Waals surface area contributed by atoms with E-state index in [0.29, 0.717) is 6.61 Å². The predicted octanol–water partition coefficient (Wildman–Crippen LogP) is 2.86. The van der Waals surface area contributed by atoms with Gasteiger partial charge in [0.05, 0.1) is 7.11 Å². The highest BCUT2D eigenvalue weighted by Crippen LogP contribution is 2.26. The molecule has 0 amide bonds. The number of nitrogens with zero attached hydrogens (tertiary/aromatic N) is 1. The van der Waals surface area contributed by atoms with Gasteiger partial charge in [-0.3, -0.25) is 4.90 Å². The number of nitrogens with one attached hydrogen (secondary N) is 1. The second kappa shape index (κ2) is 8.13. The molecule has 1 aliphatic heterocycles. The summed E-state index contributed by atoms with van der Waals surface area (Å²) in [7, 11) is 1.64. The van der Waals surface area contributed by atoms with Crippen molar-refractivity contribution < 1.29 is 13.9 Å². The molecule has 1 heterocycles. The fourth-order valence-corrected chi connectivity index (χ4v) is 3.07. The van der Waals surface area contributed by atoms with Gasteiger partial charge in [-0.1, -0.05) is 24.3 Å². The van der Waals surface area contributed by atoms with Crippen molar-refractivity contribution in [3.05, 3.63) is 59.9 Å². The van der Waals surface area contributed by atoms with Crippen molar-refractivity contribution in [2.45, 2.75) is 6.04 Å². The molecule has 4 nitrogen and oxygen atoms in total. The van der Waals surface area contributed by atoms with Gasteiger partial charge in [0.1, 0.15) is 12.4 Å². The number of piperazine rings is 1. The van der Waals surface area contributed by atoms with Gasteiger partial charge in [-0.25, -0.2) is 4.39 Å². The van der Waals surface area contributed by atoms with Crippen molar-refractivity contribution in [3.63, 3.8) is 0 Å². The van der Waals surface area contributed by atoms with Gasteiger partial charge in [-0.05, 0) is 29.8 Å². The lowest BCUT2D eigenvalue weighted by Crippen LogP contribution is -2.47. The first-order chi connectivity index (χ1) is 11.8. The molecule has 0 aromatic heterocycles. The Bertz CT molecular complexity index is 665. The van der Waals surface area contributed by atoms with Crippen LogP contribution in [0.2, 0.25) is 0 Å². The number of hydrogen-bond donors (Lipinski definition) is 1. The molecule has 0 spiro atoms. The molecule has 0 aliphatic carbocycles. The Morgan fingerprint density at radius 2 is 2.00 bits per heavy atom. The third-order valence-corrected chi connectivity index (χ3v) is 4.29. The Morgan fingerprint density at radius 3 is 2.79 bits per heavy atom. The van der Waals surface area contributed by atoms with Crippen LogP contribution in [0, 0.1) is 5.82 Å². The fraction of sp³-hybridized carbons (Fsp3) is 0.368. The van der Waals surface area contributed by atoms with E-state index >= 15 is 0 Å². The maximum Gasteiger partial charge on any atom is 0.161 e. The Kier molecular flexibility index (Phi) is 5.67. The largest absolute Gasteiger partial charge is 0.493 e. The zero-order valence-corrected chi connectivity index (χ0v) is 13.9. The number of para-hydroxylation sites is 2. The van der Waals surface area contributed by atoms with Crippen molar-refractivity contribution in [1.82, 2.24) is 10.2 Å². The monoisotopic (exact) mass is 330 g/mol. The van der Waals surface area contributed by atoms with Crippen molar-refractivity contribution >= 4 is 0 Å². The molecule has 1 saturated heterocycles. The van der Waals surface area contributed by atoms with Crippen molar-refractivity contribution in [2.24, 2.45) is 0 Å². The summed E-state index contributed by atoms with van der Waals surface area (Å²) in [6.45, 7) is 4.00. The summed E-state index contributed by atoms with van der Waals surface area (Å²) in [5.74, 6) is 1.29. The summed E-state index contributed by atoms with van der Waals surface area (Å²) in [4.78, 5) is 2.33. The fourth-order valence-electron chi connectivity index (χ4n) is 3.07. The summed E-state index contributed by atoms with van der Waals surface area (Å²) < 4.78 is 24.7. The maximum atomic E-state index is 13.5. The minimum absolute atomic E-state index is 0.163. The Balaban J connectivity index is 1.62. The number of benzene rings is 2. The van der Waals surface area contributed by atoms with Crippen LogP contribution in [0.5, 0.6) is 11.5 Å². The van der Waals surface area contributed by atoms with Crippen LogP contribution in [-0.4, -0.2) is 44.8 Å². The van der Waals surface area contributed by atoms with E-state index in [1.165, 1.54) is 6.07 Å². The minimum atomic E-state index is -0.191. The number of rotatable bonds is 6. The van der Waals surface area contributed by atoms with E-state index in [2.05, 4.69) is 10.2 Å². The van der Waals surface area contributed by atoms with Crippen LogP contribution in [0.15, 0.2) is 48.5 Å². The van der Waals surface area contributed by atoms with Crippen LogP contribution in [0.3, 0.4) is 0 Å². The zero-order valence-electron chi connectivity index (χ0n) is 13.9. The van der Waals surface area contributed by atoms with E-state index in [4.69, 9.17) is 9.47 Å². The highest BCUT2D eigenvalue weighted by Gasteiger charge is 2.23. The summed E-state index contributed by atoms with van der Waals surface area (Å²) in [6, 6.07) is 14.6. The third kappa shape index (κ3) is 4.04. The molecule has 0 saturated carbocycles. The SMILES string of the molecule is COc1ccccc1OCCN1CCNCC1c1cccc(F)c1. The van der Waals surface area contributed by atoms with Crippen LogP contribution >= 0.6 is 0 Å². The Morgan fingerprint density at radius 1 is 1.17 bits per heavy atom. The number of methoxy groups -OCH3 is 1. The number of ether oxygens (including phenoxy) is 2. The lowest BCUT2D eigenvalue weighted by molar-refractivity contribution is 0.132. The molecule has 0 bridgehead atoms. The quantitative estimate of drug-likeness (QED) is 0.883. The van der Waals surface area contributed by atoms with Gasteiger partial charge in [-0.2, -0.15) is 0 Å². The summed E-state index contributed by atoms with van der Waals surface area (Å²) >= 11 is 0. The van der Waals surface area contributed by atoms with Gasteiger partial charge in [0.2, 0.25) is 0 Å². The lowest BCUT2D eigenvalue weighted by Gasteiger charge is -2.36. The first kappa shape index (κ1) is 16.7. The molecule has 1 aliphatic rings. The molecular weight excluding hydrogens is 307 g/mol. The molecular formula is C19H23FN2O2. The summed E-state index contributed by atoms with van der Waals surface area (Å²) in [5, 5.41) is 3.38. The molecule has 1 N–H and O–H groups in total. The second-order valence-electron chi connectivity index (χ2n) is 5.81. The van der Waals surface area contributed by atoms with Crippen molar-refractivity contribution in [3.8, 4) is 11.5 Å². The van der Waals surface area contributed by atoms with Gasteiger partial charge in [-0.15, -0.1) is 0 Å². The average molecular weight is 330 g/mol. The standard InChI is InChI=1S/C19H23FN2O2/c1-23-18-7-2-3-8-19(18)24-12-11-22-10-9-21-14-17(22)15-5-4-6-16(20)13-15/h2-8,13,17,21H,9-12,14H2,1H3. The van der Waals surface area contributed by atoms with Crippen LogP contribution in [0.25, 0.3) is 0 Å². The minimum Gasteiger partial charge on any atom is -0.493 e. The molecule has 1 atom stereocenters. The molecule has 5 heteroatoms. The first-order valence-electron chi connectivity index (χ1n) is 8.24. The molecule has 2 aromatic rings. The van der Waals surface area contributed by atoms with E-state index in [-0.39, 0.29) is 11.9 Å². The molecule has 24 heavy (non-hydrogen) atoms. The van der Waals surface area contributed by atoms with E-state index in [1.54, 1.807) is 19.2 Å². The Hall–Kier alpha value is -2.11. The van der Waals surface area contributed by atoms with E-state index in [1.807, 2.05) is 30.3 Å². The zero-order chi connectivity index (χ0) is 16.8.